The van der Waals surface area contributed by atoms with Crippen molar-refractivity contribution in [3.05, 3.63) is 58.0 Å². The molecule has 0 fully saturated rings. The summed E-state index contributed by atoms with van der Waals surface area (Å²) in [5.74, 6) is -0.618. The molecule has 0 radical (unpaired) electrons. The number of esters is 1. The summed E-state index contributed by atoms with van der Waals surface area (Å²) in [5.41, 5.74) is 3.36. The van der Waals surface area contributed by atoms with Gasteiger partial charge in [0.2, 0.25) is 0 Å². The quantitative estimate of drug-likeness (QED) is 0.748. The molecule has 0 saturated heterocycles. The molecular formula is C19H20N2O3. The minimum absolute atomic E-state index is 0.0383. The minimum atomic E-state index is -0.618. The summed E-state index contributed by atoms with van der Waals surface area (Å²) in [6, 6.07) is 9.80. The number of ether oxygens (including phenoxy) is 1. The number of benzene rings is 1. The van der Waals surface area contributed by atoms with Gasteiger partial charge < -0.3 is 14.3 Å². The molecular weight excluding hydrogens is 304 g/mol. The van der Waals surface area contributed by atoms with Gasteiger partial charge in [-0.25, -0.2) is 4.79 Å². The Labute approximate surface area is 139 Å². The van der Waals surface area contributed by atoms with Crippen molar-refractivity contribution in [1.82, 2.24) is 9.55 Å². The third-order valence-corrected chi connectivity index (χ3v) is 4.31. The van der Waals surface area contributed by atoms with Gasteiger partial charge in [0, 0.05) is 23.6 Å². The number of nitrogens with zero attached hydrogens (tertiary/aromatic N) is 1. The first-order valence-corrected chi connectivity index (χ1v) is 8.02. The molecule has 3 aromatic rings. The van der Waals surface area contributed by atoms with Crippen molar-refractivity contribution in [3.8, 4) is 11.3 Å². The monoisotopic (exact) mass is 324 g/mol. The number of fused-ring (bicyclic) bond motifs is 1. The Bertz CT molecular complexity index is 966. The standard InChI is InChI=1S/C19H20N2O3/c1-4-12-11-15(19(23)24-3)18(22)20-17(12)14-6-7-16-13(10-14)8-9-21(16)5-2/h6-11H,4-5H2,1-3H3,(H,20,22). The van der Waals surface area contributed by atoms with Gasteiger partial charge in [0.25, 0.3) is 5.56 Å². The molecule has 3 rings (SSSR count). The molecule has 0 saturated carbocycles. The number of rotatable bonds is 4. The van der Waals surface area contributed by atoms with Crippen LogP contribution in [0.3, 0.4) is 0 Å². The highest BCUT2D eigenvalue weighted by molar-refractivity contribution is 5.90. The Balaban J connectivity index is 2.16. The zero-order valence-corrected chi connectivity index (χ0v) is 14.1. The van der Waals surface area contributed by atoms with Gasteiger partial charge in [-0.3, -0.25) is 4.79 Å². The van der Waals surface area contributed by atoms with Crippen LogP contribution in [0.25, 0.3) is 22.2 Å². The summed E-state index contributed by atoms with van der Waals surface area (Å²) in [6.45, 7) is 5.00. The number of aromatic nitrogens is 2. The smallest absolute Gasteiger partial charge is 0.343 e. The van der Waals surface area contributed by atoms with Crippen LogP contribution in [-0.2, 0) is 17.7 Å². The second kappa shape index (κ2) is 6.35. The third-order valence-electron chi connectivity index (χ3n) is 4.31. The molecule has 0 aliphatic rings. The molecule has 0 atom stereocenters. The van der Waals surface area contributed by atoms with Crippen LogP contribution in [0.4, 0.5) is 0 Å². The summed E-state index contributed by atoms with van der Waals surface area (Å²) in [6.07, 6.45) is 2.75. The summed E-state index contributed by atoms with van der Waals surface area (Å²) < 4.78 is 6.84. The molecule has 0 aliphatic heterocycles. The number of carbonyl (C=O) groups excluding carboxylic acids is 1. The van der Waals surface area contributed by atoms with Crippen molar-refractivity contribution in [2.75, 3.05) is 7.11 Å². The average Bonchev–Trinajstić information content (AvgIpc) is 3.03. The maximum Gasteiger partial charge on any atom is 0.343 e. The van der Waals surface area contributed by atoms with Crippen molar-refractivity contribution < 1.29 is 9.53 Å². The van der Waals surface area contributed by atoms with Crippen molar-refractivity contribution in [3.63, 3.8) is 0 Å². The van der Waals surface area contributed by atoms with Crippen molar-refractivity contribution >= 4 is 16.9 Å². The lowest BCUT2D eigenvalue weighted by Crippen LogP contribution is -2.20. The molecule has 2 aromatic heterocycles. The van der Waals surface area contributed by atoms with E-state index in [4.69, 9.17) is 0 Å². The molecule has 24 heavy (non-hydrogen) atoms. The van der Waals surface area contributed by atoms with Gasteiger partial charge in [0.1, 0.15) is 5.56 Å². The topological polar surface area (TPSA) is 64.1 Å². The Morgan fingerprint density at radius 3 is 2.67 bits per heavy atom. The zero-order valence-electron chi connectivity index (χ0n) is 14.1. The number of aryl methyl sites for hydroxylation is 2. The minimum Gasteiger partial charge on any atom is -0.465 e. The second-order valence-corrected chi connectivity index (χ2v) is 5.63. The number of pyridine rings is 1. The van der Waals surface area contributed by atoms with E-state index in [2.05, 4.69) is 45.6 Å². The van der Waals surface area contributed by atoms with E-state index in [1.54, 1.807) is 6.07 Å². The Hall–Kier alpha value is -2.82. The van der Waals surface area contributed by atoms with Crippen LogP contribution in [0.1, 0.15) is 29.8 Å². The Kier molecular flexibility index (Phi) is 4.25. The Morgan fingerprint density at radius 1 is 1.21 bits per heavy atom. The molecule has 1 aromatic carbocycles. The van der Waals surface area contributed by atoms with Crippen LogP contribution in [0, 0.1) is 0 Å². The second-order valence-electron chi connectivity index (χ2n) is 5.63. The van der Waals surface area contributed by atoms with Crippen molar-refractivity contribution in [2.24, 2.45) is 0 Å². The number of methoxy groups -OCH3 is 1. The van der Waals surface area contributed by atoms with Crippen LogP contribution in [0.2, 0.25) is 0 Å². The highest BCUT2D eigenvalue weighted by Gasteiger charge is 2.16. The fourth-order valence-electron chi connectivity index (χ4n) is 3.00. The fourth-order valence-corrected chi connectivity index (χ4v) is 3.00. The first-order valence-electron chi connectivity index (χ1n) is 8.02. The van der Waals surface area contributed by atoms with E-state index in [0.29, 0.717) is 6.42 Å². The predicted octanol–water partition coefficient (Wildman–Crippen LogP) is 3.37. The number of H-pyrrole nitrogens is 1. The first kappa shape index (κ1) is 16.1. The number of nitrogens with one attached hydrogen (secondary N) is 1. The summed E-state index contributed by atoms with van der Waals surface area (Å²) in [7, 11) is 1.27. The van der Waals surface area contributed by atoms with Gasteiger partial charge >= 0.3 is 5.97 Å². The highest BCUT2D eigenvalue weighted by atomic mass is 16.5. The fraction of sp³-hybridized carbons (Fsp3) is 0.263. The van der Waals surface area contributed by atoms with E-state index in [-0.39, 0.29) is 5.56 Å². The molecule has 0 unspecified atom stereocenters. The molecule has 0 bridgehead atoms. The van der Waals surface area contributed by atoms with Gasteiger partial charge in [-0.2, -0.15) is 0 Å². The molecule has 0 aliphatic carbocycles. The van der Waals surface area contributed by atoms with Gasteiger partial charge in [0.15, 0.2) is 0 Å². The SMILES string of the molecule is CCc1cc(C(=O)OC)c(=O)[nH]c1-c1ccc2c(ccn2CC)c1. The molecule has 2 heterocycles. The van der Waals surface area contributed by atoms with E-state index in [1.165, 1.54) is 7.11 Å². The maximum absolute atomic E-state index is 12.2. The predicted molar refractivity (Wildman–Crippen MR) is 94.4 cm³/mol. The van der Waals surface area contributed by atoms with Gasteiger partial charge in [0.05, 0.1) is 12.8 Å². The molecule has 0 amide bonds. The number of hydrogen-bond acceptors (Lipinski definition) is 3. The van der Waals surface area contributed by atoms with Crippen molar-refractivity contribution in [2.45, 2.75) is 26.8 Å². The number of aromatic amines is 1. The first-order chi connectivity index (χ1) is 11.6. The molecule has 5 nitrogen and oxygen atoms in total. The van der Waals surface area contributed by atoms with Gasteiger partial charge in [-0.05, 0) is 48.7 Å². The van der Waals surface area contributed by atoms with E-state index >= 15 is 0 Å². The maximum atomic E-state index is 12.2. The van der Waals surface area contributed by atoms with E-state index < -0.39 is 11.5 Å². The number of carbonyl (C=O) groups is 1. The summed E-state index contributed by atoms with van der Waals surface area (Å²) in [5, 5.41) is 1.12. The average molecular weight is 324 g/mol. The third kappa shape index (κ3) is 2.62. The summed E-state index contributed by atoms with van der Waals surface area (Å²) >= 11 is 0. The molecule has 124 valence electrons. The van der Waals surface area contributed by atoms with Crippen LogP contribution in [-0.4, -0.2) is 22.6 Å². The normalized spacial score (nSPS) is 11.0. The lowest BCUT2D eigenvalue weighted by Gasteiger charge is -2.10. The Morgan fingerprint density at radius 2 is 2.00 bits per heavy atom. The molecule has 5 heteroatoms. The molecule has 0 spiro atoms. The zero-order chi connectivity index (χ0) is 17.3. The van der Waals surface area contributed by atoms with Gasteiger partial charge in [-0.15, -0.1) is 0 Å². The van der Waals surface area contributed by atoms with E-state index in [0.717, 1.165) is 34.3 Å². The lowest BCUT2D eigenvalue weighted by molar-refractivity contribution is 0.0598. The van der Waals surface area contributed by atoms with E-state index in [9.17, 15) is 9.59 Å². The van der Waals surface area contributed by atoms with Crippen LogP contribution < -0.4 is 5.56 Å². The molecule has 1 N–H and O–H groups in total. The van der Waals surface area contributed by atoms with Crippen LogP contribution in [0.15, 0.2) is 41.3 Å². The largest absolute Gasteiger partial charge is 0.465 e. The lowest BCUT2D eigenvalue weighted by atomic mass is 10.0. The van der Waals surface area contributed by atoms with Crippen LogP contribution >= 0.6 is 0 Å². The van der Waals surface area contributed by atoms with E-state index in [1.807, 2.05) is 13.0 Å². The van der Waals surface area contributed by atoms with Crippen molar-refractivity contribution in [1.29, 1.82) is 0 Å². The van der Waals surface area contributed by atoms with Gasteiger partial charge in [-0.1, -0.05) is 13.0 Å². The highest BCUT2D eigenvalue weighted by Crippen LogP contribution is 2.26. The van der Waals surface area contributed by atoms with Crippen LogP contribution in [0.5, 0.6) is 0 Å². The number of hydrogen-bond donors (Lipinski definition) is 1. The summed E-state index contributed by atoms with van der Waals surface area (Å²) in [4.78, 5) is 26.8.